The van der Waals surface area contributed by atoms with E-state index in [4.69, 9.17) is 4.74 Å². The third-order valence-corrected chi connectivity index (χ3v) is 3.98. The Labute approximate surface area is 154 Å². The van der Waals surface area contributed by atoms with Crippen molar-refractivity contribution in [2.75, 3.05) is 18.5 Å². The lowest BCUT2D eigenvalue weighted by Crippen LogP contribution is -2.36. The van der Waals surface area contributed by atoms with Crippen LogP contribution >= 0.6 is 0 Å². The Morgan fingerprint density at radius 2 is 2.00 bits per heavy atom. The fourth-order valence-electron chi connectivity index (χ4n) is 2.61. The van der Waals surface area contributed by atoms with E-state index in [1.54, 1.807) is 6.07 Å². The molecular weight excluding hydrogens is 359 g/mol. The van der Waals surface area contributed by atoms with Crippen molar-refractivity contribution in [3.63, 3.8) is 0 Å². The van der Waals surface area contributed by atoms with Crippen molar-refractivity contribution in [3.8, 4) is 0 Å². The molecule has 1 unspecified atom stereocenters. The van der Waals surface area contributed by atoms with Crippen molar-refractivity contribution >= 4 is 17.6 Å². The fourth-order valence-corrected chi connectivity index (χ4v) is 2.61. The third kappa shape index (κ3) is 5.30. The second-order valence-corrected chi connectivity index (χ2v) is 6.04. The Morgan fingerprint density at radius 3 is 2.70 bits per heavy atom. The van der Waals surface area contributed by atoms with Crippen LogP contribution in [0, 0.1) is 17.5 Å². The molecule has 1 fully saturated rings. The first-order valence-corrected chi connectivity index (χ1v) is 8.46. The van der Waals surface area contributed by atoms with E-state index >= 15 is 0 Å². The van der Waals surface area contributed by atoms with Gasteiger partial charge in [0, 0.05) is 17.9 Å². The maximum absolute atomic E-state index is 13.4. The smallest absolute Gasteiger partial charge is 0.258 e. The first-order chi connectivity index (χ1) is 13.0. The normalized spacial score (nSPS) is 17.0. The molecule has 27 heavy (non-hydrogen) atoms. The van der Waals surface area contributed by atoms with Crippen LogP contribution in [0.1, 0.15) is 23.2 Å². The summed E-state index contributed by atoms with van der Waals surface area (Å²) in [6.07, 6.45) is 1.73. The number of nitrogens with one attached hydrogen (secondary N) is 2. The Bertz CT molecular complexity index is 852. The highest BCUT2D eigenvalue weighted by atomic mass is 19.2. The Morgan fingerprint density at radius 1 is 1.15 bits per heavy atom. The van der Waals surface area contributed by atoms with Crippen molar-refractivity contribution in [2.24, 2.45) is 4.99 Å². The van der Waals surface area contributed by atoms with Gasteiger partial charge < -0.3 is 10.1 Å². The number of carbonyl (C=O) groups is 1. The molecule has 0 bridgehead atoms. The average Bonchev–Trinajstić information content (AvgIpc) is 3.15. The molecule has 142 valence electrons. The summed E-state index contributed by atoms with van der Waals surface area (Å²) in [6.45, 7) is 0.962. The quantitative estimate of drug-likeness (QED) is 0.633. The lowest BCUT2D eigenvalue weighted by molar-refractivity contribution is 0.0975. The standard InChI is InChI=1S/C19H18F3N3O2/c20-13-3-1-4-14(10-13)24-19(23-11-15-5-2-8-27-15)25-18(26)12-6-7-16(21)17(22)9-12/h1,3-4,6-7,9-10,15H,2,5,8,11H2,(H2,23,24,25,26). The van der Waals surface area contributed by atoms with Gasteiger partial charge in [0.05, 0.1) is 12.6 Å². The predicted molar refractivity (Wildman–Crippen MR) is 95.1 cm³/mol. The van der Waals surface area contributed by atoms with E-state index in [0.29, 0.717) is 18.8 Å². The maximum Gasteiger partial charge on any atom is 0.258 e. The molecule has 1 aliphatic heterocycles. The summed E-state index contributed by atoms with van der Waals surface area (Å²) in [5, 5.41) is 5.33. The molecule has 0 aromatic heterocycles. The second-order valence-electron chi connectivity index (χ2n) is 6.04. The van der Waals surface area contributed by atoms with Gasteiger partial charge in [-0.2, -0.15) is 0 Å². The highest BCUT2D eigenvalue weighted by Gasteiger charge is 2.17. The summed E-state index contributed by atoms with van der Waals surface area (Å²) >= 11 is 0. The molecule has 2 aromatic rings. The van der Waals surface area contributed by atoms with Gasteiger partial charge in [0.15, 0.2) is 11.6 Å². The van der Waals surface area contributed by atoms with E-state index in [1.807, 2.05) is 0 Å². The number of halogens is 3. The monoisotopic (exact) mass is 377 g/mol. The number of benzene rings is 2. The number of hydrogen-bond acceptors (Lipinski definition) is 3. The lowest BCUT2D eigenvalue weighted by atomic mass is 10.2. The molecule has 3 rings (SSSR count). The Balaban J connectivity index is 1.76. The van der Waals surface area contributed by atoms with Gasteiger partial charge in [-0.3, -0.25) is 10.1 Å². The van der Waals surface area contributed by atoms with Gasteiger partial charge in [0.2, 0.25) is 5.96 Å². The van der Waals surface area contributed by atoms with Crippen molar-refractivity contribution in [3.05, 3.63) is 65.5 Å². The summed E-state index contributed by atoms with van der Waals surface area (Å²) in [5.41, 5.74) is 0.312. The van der Waals surface area contributed by atoms with Crippen LogP contribution in [0.5, 0.6) is 0 Å². The second kappa shape index (κ2) is 8.68. The van der Waals surface area contributed by atoms with Crippen molar-refractivity contribution in [1.82, 2.24) is 5.32 Å². The topological polar surface area (TPSA) is 62.7 Å². The van der Waals surface area contributed by atoms with Crippen LogP contribution in [0.25, 0.3) is 0 Å². The number of ether oxygens (including phenoxy) is 1. The number of rotatable bonds is 4. The molecule has 2 N–H and O–H groups in total. The summed E-state index contributed by atoms with van der Waals surface area (Å²) < 4.78 is 45.3. The summed E-state index contributed by atoms with van der Waals surface area (Å²) in [5.74, 6) is -3.24. The molecule has 0 aliphatic carbocycles. The molecule has 1 amide bonds. The molecule has 1 atom stereocenters. The highest BCUT2D eigenvalue weighted by molar-refractivity contribution is 6.09. The molecule has 8 heteroatoms. The molecule has 0 radical (unpaired) electrons. The van der Waals surface area contributed by atoms with Crippen molar-refractivity contribution < 1.29 is 22.7 Å². The van der Waals surface area contributed by atoms with Gasteiger partial charge in [0.25, 0.3) is 5.91 Å². The summed E-state index contributed by atoms with van der Waals surface area (Å²) in [7, 11) is 0. The molecule has 0 spiro atoms. The summed E-state index contributed by atoms with van der Waals surface area (Å²) in [4.78, 5) is 16.6. The zero-order chi connectivity index (χ0) is 19.2. The van der Waals surface area contributed by atoms with Gasteiger partial charge in [-0.1, -0.05) is 6.07 Å². The zero-order valence-corrected chi connectivity index (χ0v) is 14.3. The maximum atomic E-state index is 13.4. The Kier molecular flexibility index (Phi) is 6.08. The van der Waals surface area contributed by atoms with Gasteiger partial charge in [0.1, 0.15) is 5.82 Å². The van der Waals surface area contributed by atoms with E-state index in [-0.39, 0.29) is 17.6 Å². The third-order valence-electron chi connectivity index (χ3n) is 3.98. The van der Waals surface area contributed by atoms with E-state index in [2.05, 4.69) is 15.6 Å². The minimum absolute atomic E-state index is 0.0607. The molecule has 1 saturated heterocycles. The number of aliphatic imine (C=N–C) groups is 1. The highest BCUT2D eigenvalue weighted by Crippen LogP contribution is 2.13. The zero-order valence-electron chi connectivity index (χ0n) is 14.3. The van der Waals surface area contributed by atoms with Crippen LogP contribution in [0.3, 0.4) is 0 Å². The van der Waals surface area contributed by atoms with Gasteiger partial charge in [-0.25, -0.2) is 18.2 Å². The average molecular weight is 377 g/mol. The minimum atomic E-state index is -1.13. The number of guanidine groups is 1. The van der Waals surface area contributed by atoms with Crippen LogP contribution in [0.4, 0.5) is 18.9 Å². The molecule has 1 aliphatic rings. The van der Waals surface area contributed by atoms with Gasteiger partial charge in [-0.15, -0.1) is 0 Å². The molecule has 2 aromatic carbocycles. The van der Waals surface area contributed by atoms with Gasteiger partial charge in [-0.05, 0) is 49.2 Å². The predicted octanol–water partition coefficient (Wildman–Crippen LogP) is 3.48. The van der Waals surface area contributed by atoms with E-state index in [0.717, 1.165) is 31.0 Å². The number of anilines is 1. The van der Waals surface area contributed by atoms with Gasteiger partial charge >= 0.3 is 0 Å². The number of amides is 1. The van der Waals surface area contributed by atoms with Crippen LogP contribution < -0.4 is 10.6 Å². The fraction of sp³-hybridized carbons (Fsp3) is 0.263. The van der Waals surface area contributed by atoms with E-state index < -0.39 is 23.4 Å². The Hall–Kier alpha value is -2.87. The first-order valence-electron chi connectivity index (χ1n) is 8.46. The van der Waals surface area contributed by atoms with E-state index in [1.165, 1.54) is 18.2 Å². The molecule has 1 heterocycles. The lowest BCUT2D eigenvalue weighted by Gasteiger charge is -2.13. The largest absolute Gasteiger partial charge is 0.376 e. The minimum Gasteiger partial charge on any atom is -0.376 e. The van der Waals surface area contributed by atoms with Crippen LogP contribution in [-0.4, -0.2) is 31.1 Å². The molecule has 0 saturated carbocycles. The van der Waals surface area contributed by atoms with Crippen LogP contribution in [0.2, 0.25) is 0 Å². The number of carbonyl (C=O) groups excluding carboxylic acids is 1. The van der Waals surface area contributed by atoms with Crippen molar-refractivity contribution in [2.45, 2.75) is 18.9 Å². The van der Waals surface area contributed by atoms with Crippen LogP contribution in [-0.2, 0) is 4.74 Å². The number of hydrogen-bond donors (Lipinski definition) is 2. The summed E-state index contributed by atoms with van der Waals surface area (Å²) in [6, 6.07) is 8.46. The van der Waals surface area contributed by atoms with E-state index in [9.17, 15) is 18.0 Å². The molecular formula is C19H18F3N3O2. The first kappa shape index (κ1) is 18.9. The van der Waals surface area contributed by atoms with Crippen molar-refractivity contribution in [1.29, 1.82) is 0 Å². The molecule has 5 nitrogen and oxygen atoms in total. The van der Waals surface area contributed by atoms with Crippen LogP contribution in [0.15, 0.2) is 47.5 Å². The number of nitrogens with zero attached hydrogens (tertiary/aromatic N) is 1. The SMILES string of the molecule is O=C(NC(=NCC1CCCO1)Nc1cccc(F)c1)c1ccc(F)c(F)c1.